The summed E-state index contributed by atoms with van der Waals surface area (Å²) >= 11 is 0. The van der Waals surface area contributed by atoms with Crippen LogP contribution in [0.2, 0.25) is 0 Å². The Morgan fingerprint density at radius 3 is 2.79 bits per heavy atom. The van der Waals surface area contributed by atoms with Gasteiger partial charge in [-0.3, -0.25) is 9.98 Å². The number of carbonyl (C=O) groups excluding carboxylic acids is 1. The molecule has 0 aromatic heterocycles. The van der Waals surface area contributed by atoms with Crippen LogP contribution in [0, 0.1) is 0 Å². The summed E-state index contributed by atoms with van der Waals surface area (Å²) in [6, 6.07) is 5.74. The minimum absolute atomic E-state index is 0.117. The second kappa shape index (κ2) is 9.90. The topological polar surface area (TPSA) is 121 Å². The number of rotatable bonds is 6. The number of urea groups is 1. The zero-order valence-corrected chi connectivity index (χ0v) is 18.2. The summed E-state index contributed by atoms with van der Waals surface area (Å²) in [5, 5.41) is 4.23. The monoisotopic (exact) mass is 461 g/mol. The predicted octanol–water partition coefficient (Wildman–Crippen LogP) is 2.84. The van der Waals surface area contributed by atoms with Crippen LogP contribution in [-0.2, 0) is 0 Å². The molecule has 2 amide bonds. The molecule has 1 aromatic carbocycles. The highest BCUT2D eigenvalue weighted by atomic mass is 19.4. The molecule has 0 fully saturated rings. The van der Waals surface area contributed by atoms with Crippen molar-refractivity contribution in [2.24, 2.45) is 21.5 Å². The van der Waals surface area contributed by atoms with Crippen molar-refractivity contribution in [2.45, 2.75) is 25.2 Å². The van der Waals surface area contributed by atoms with Gasteiger partial charge >= 0.3 is 12.2 Å². The van der Waals surface area contributed by atoms with Gasteiger partial charge in [-0.1, -0.05) is 12.1 Å². The van der Waals surface area contributed by atoms with Crippen LogP contribution in [-0.4, -0.2) is 55.3 Å². The summed E-state index contributed by atoms with van der Waals surface area (Å²) in [5.41, 5.74) is 15.1. The lowest BCUT2D eigenvalue weighted by Gasteiger charge is -2.28. The molecule has 2 aliphatic rings. The number of aliphatic imine (C=N–C) groups is 2. The summed E-state index contributed by atoms with van der Waals surface area (Å²) in [4.78, 5) is 22.6. The van der Waals surface area contributed by atoms with Crippen molar-refractivity contribution in [1.82, 2.24) is 10.2 Å². The maximum absolute atomic E-state index is 12.3. The summed E-state index contributed by atoms with van der Waals surface area (Å²) < 4.78 is 36.9. The fourth-order valence-corrected chi connectivity index (χ4v) is 3.69. The average molecular weight is 461 g/mol. The number of amides is 2. The van der Waals surface area contributed by atoms with Crippen LogP contribution in [0.5, 0.6) is 0 Å². The third kappa shape index (κ3) is 5.80. The second-order valence-corrected chi connectivity index (χ2v) is 7.57. The average Bonchev–Trinajstić information content (AvgIpc) is 3.10. The predicted molar refractivity (Wildman–Crippen MR) is 123 cm³/mol. The fourth-order valence-electron chi connectivity index (χ4n) is 3.69. The normalized spacial score (nSPS) is 20.8. The molecule has 1 aromatic rings. The number of anilines is 1. The first kappa shape index (κ1) is 24.1. The molecule has 0 radical (unpaired) electrons. The number of benzene rings is 1. The Bertz CT molecular complexity index is 1060. The highest BCUT2D eigenvalue weighted by Gasteiger charge is 2.34. The van der Waals surface area contributed by atoms with Gasteiger partial charge in [-0.2, -0.15) is 13.2 Å². The van der Waals surface area contributed by atoms with E-state index in [1.165, 1.54) is 0 Å². The number of amidine groups is 1. The molecule has 176 valence electrons. The van der Waals surface area contributed by atoms with Gasteiger partial charge in [0.1, 0.15) is 12.4 Å². The molecule has 33 heavy (non-hydrogen) atoms. The number of nitrogens with zero attached hydrogens (tertiary/aromatic N) is 3. The van der Waals surface area contributed by atoms with Crippen LogP contribution in [0.3, 0.4) is 0 Å². The maximum atomic E-state index is 12.3. The van der Waals surface area contributed by atoms with Crippen molar-refractivity contribution in [1.29, 1.82) is 0 Å². The molecule has 0 saturated heterocycles. The van der Waals surface area contributed by atoms with Gasteiger partial charge in [0, 0.05) is 43.0 Å². The Hall–Kier alpha value is -3.60. The highest BCUT2D eigenvalue weighted by molar-refractivity contribution is 6.01. The lowest BCUT2D eigenvalue weighted by atomic mass is 9.98. The van der Waals surface area contributed by atoms with E-state index in [4.69, 9.17) is 16.5 Å². The van der Waals surface area contributed by atoms with Gasteiger partial charge in [0.2, 0.25) is 0 Å². The van der Waals surface area contributed by atoms with Gasteiger partial charge in [-0.05, 0) is 42.3 Å². The van der Waals surface area contributed by atoms with Crippen LogP contribution in [0.4, 0.5) is 23.7 Å². The molecule has 0 bridgehead atoms. The van der Waals surface area contributed by atoms with Crippen molar-refractivity contribution in [3.63, 3.8) is 0 Å². The number of alkyl halides is 3. The summed E-state index contributed by atoms with van der Waals surface area (Å²) in [7, 11) is 1.65. The molecule has 2 unspecified atom stereocenters. The van der Waals surface area contributed by atoms with Gasteiger partial charge in [0.15, 0.2) is 0 Å². The number of hydrogen-bond donors (Lipinski definition) is 4. The molecule has 2 heterocycles. The van der Waals surface area contributed by atoms with Gasteiger partial charge < -0.3 is 27.0 Å². The molecule has 0 saturated carbocycles. The van der Waals surface area contributed by atoms with Crippen LogP contribution in [0.25, 0.3) is 0 Å². The minimum Gasteiger partial charge on any atom is -0.400 e. The Morgan fingerprint density at radius 2 is 2.12 bits per heavy atom. The molecule has 2 aliphatic heterocycles. The lowest BCUT2D eigenvalue weighted by molar-refractivity contribution is -0.122. The summed E-state index contributed by atoms with van der Waals surface area (Å²) in [6.07, 6.45) is 2.88. The summed E-state index contributed by atoms with van der Waals surface area (Å²) in [6.45, 7) is 0.751. The van der Waals surface area contributed by atoms with E-state index in [0.29, 0.717) is 11.4 Å². The standard InChI is InChI=1S/C22H26F3N7O/c1-13-20(15-4-3-5-16(8-15)31-21(33)29-12-22(23,24)25)32-7-6-14(9-19(32)30-13)17(11-28-2)18(27)10-26/h3-9,11,13,20H,10,12,26-27H2,1-2H3,(H2,29,31,33). The van der Waals surface area contributed by atoms with Gasteiger partial charge in [-0.15, -0.1) is 0 Å². The van der Waals surface area contributed by atoms with E-state index in [1.807, 2.05) is 36.2 Å². The minimum atomic E-state index is -4.48. The second-order valence-electron chi connectivity index (χ2n) is 7.57. The van der Waals surface area contributed by atoms with Crippen molar-refractivity contribution in [3.8, 4) is 0 Å². The van der Waals surface area contributed by atoms with Crippen molar-refractivity contribution in [3.05, 3.63) is 65.0 Å². The quantitative estimate of drug-likeness (QED) is 0.487. The van der Waals surface area contributed by atoms with E-state index >= 15 is 0 Å². The maximum Gasteiger partial charge on any atom is 0.405 e. The number of carbonyl (C=O) groups is 1. The zero-order valence-electron chi connectivity index (χ0n) is 18.2. The van der Waals surface area contributed by atoms with E-state index in [1.54, 1.807) is 36.8 Å². The van der Waals surface area contributed by atoms with Crippen molar-refractivity contribution in [2.75, 3.05) is 25.5 Å². The van der Waals surface area contributed by atoms with E-state index < -0.39 is 18.8 Å². The third-order valence-electron chi connectivity index (χ3n) is 5.13. The Labute approximate surface area is 189 Å². The first-order valence-corrected chi connectivity index (χ1v) is 10.2. The summed E-state index contributed by atoms with van der Waals surface area (Å²) in [5.74, 6) is 0.734. The molecule has 0 spiro atoms. The van der Waals surface area contributed by atoms with Crippen molar-refractivity contribution >= 4 is 23.8 Å². The zero-order chi connectivity index (χ0) is 24.2. The Morgan fingerprint density at radius 1 is 1.36 bits per heavy atom. The first-order valence-electron chi connectivity index (χ1n) is 10.2. The number of hydrogen-bond acceptors (Lipinski definition) is 6. The molecule has 11 heteroatoms. The van der Waals surface area contributed by atoms with Gasteiger partial charge in [0.05, 0.1) is 12.1 Å². The highest BCUT2D eigenvalue weighted by Crippen LogP contribution is 2.36. The van der Waals surface area contributed by atoms with Gasteiger partial charge in [0.25, 0.3) is 0 Å². The van der Waals surface area contributed by atoms with Crippen LogP contribution in [0.1, 0.15) is 18.5 Å². The first-order chi connectivity index (χ1) is 15.6. The molecule has 0 aliphatic carbocycles. The molecular weight excluding hydrogens is 435 g/mol. The van der Waals surface area contributed by atoms with Crippen LogP contribution < -0.4 is 22.1 Å². The molecule has 2 atom stereocenters. The third-order valence-corrected chi connectivity index (χ3v) is 5.13. The van der Waals surface area contributed by atoms with E-state index in [-0.39, 0.29) is 18.6 Å². The number of fused-ring (bicyclic) bond motifs is 1. The molecule has 6 N–H and O–H groups in total. The Balaban J connectivity index is 1.79. The molecule has 8 nitrogen and oxygen atoms in total. The van der Waals surface area contributed by atoms with Gasteiger partial charge in [-0.25, -0.2) is 4.79 Å². The molecular formula is C22H26F3N7O. The number of halogens is 3. The van der Waals surface area contributed by atoms with E-state index in [9.17, 15) is 18.0 Å². The number of nitrogens with two attached hydrogens (primary N) is 2. The smallest absolute Gasteiger partial charge is 0.400 e. The molecule has 3 rings (SSSR count). The Kier molecular flexibility index (Phi) is 7.22. The largest absolute Gasteiger partial charge is 0.405 e. The van der Waals surface area contributed by atoms with E-state index in [2.05, 4.69) is 10.3 Å². The van der Waals surface area contributed by atoms with Crippen LogP contribution >= 0.6 is 0 Å². The number of nitrogens with one attached hydrogen (secondary N) is 2. The van der Waals surface area contributed by atoms with E-state index in [0.717, 1.165) is 22.5 Å². The van der Waals surface area contributed by atoms with Crippen molar-refractivity contribution < 1.29 is 18.0 Å². The van der Waals surface area contributed by atoms with Crippen LogP contribution in [0.15, 0.2) is 69.4 Å². The fraction of sp³-hybridized carbons (Fsp3) is 0.318. The lowest BCUT2D eigenvalue weighted by Crippen LogP contribution is -2.36. The number of allylic oxidation sites excluding steroid dienone is 3. The SMILES string of the molecule is CN=CC(C1=CC2=NC(C)C(c3cccc(NC(=O)NCC(F)(F)F)c3)N2C=C1)=C(N)CN.